The van der Waals surface area contributed by atoms with E-state index in [-0.39, 0.29) is 17.1 Å². The van der Waals surface area contributed by atoms with E-state index in [0.717, 1.165) is 5.00 Å². The number of hydrogen-bond acceptors (Lipinski definition) is 7. The summed E-state index contributed by atoms with van der Waals surface area (Å²) in [6.45, 7) is 0.787. The molecule has 1 aromatic heterocycles. The number of oxime groups is 1. The Morgan fingerprint density at radius 1 is 1.30 bits per heavy atom. The van der Waals surface area contributed by atoms with Crippen molar-refractivity contribution in [2.45, 2.75) is 6.43 Å². The van der Waals surface area contributed by atoms with Crippen molar-refractivity contribution in [1.82, 2.24) is 0 Å². The van der Waals surface area contributed by atoms with Gasteiger partial charge in [0, 0.05) is 18.0 Å². The predicted molar refractivity (Wildman–Crippen MR) is 82.7 cm³/mol. The molecule has 0 atom stereocenters. The van der Waals surface area contributed by atoms with Crippen molar-refractivity contribution in [3.63, 3.8) is 0 Å². The van der Waals surface area contributed by atoms with Gasteiger partial charge in [-0.1, -0.05) is 5.16 Å². The lowest BCUT2D eigenvalue weighted by Gasteiger charge is -2.27. The highest BCUT2D eigenvalue weighted by Gasteiger charge is 2.32. The molecule has 0 aromatic carbocycles. The van der Waals surface area contributed by atoms with Crippen molar-refractivity contribution < 1.29 is 26.8 Å². The first-order valence-corrected chi connectivity index (χ1v) is 9.34. The van der Waals surface area contributed by atoms with Crippen LogP contribution in [0.25, 0.3) is 6.08 Å². The highest BCUT2D eigenvalue weighted by molar-refractivity contribution is 7.91. The Balaban J connectivity index is 1.79. The number of nitrogens with zero attached hydrogens (tertiary/aromatic N) is 2. The summed E-state index contributed by atoms with van der Waals surface area (Å²) in [5.74, 6) is -0.717. The van der Waals surface area contributed by atoms with Gasteiger partial charge < -0.3 is 9.74 Å². The maximum absolute atomic E-state index is 12.8. The molecular weight excluding hydrogens is 350 g/mol. The number of hydrogen-bond donors (Lipinski definition) is 0. The van der Waals surface area contributed by atoms with Gasteiger partial charge in [-0.2, -0.15) is 0 Å². The van der Waals surface area contributed by atoms with Crippen LogP contribution in [-0.4, -0.2) is 51.1 Å². The van der Waals surface area contributed by atoms with Gasteiger partial charge in [0.15, 0.2) is 15.5 Å². The van der Waals surface area contributed by atoms with Crippen LogP contribution in [0.3, 0.4) is 0 Å². The van der Waals surface area contributed by atoms with E-state index in [4.69, 9.17) is 0 Å². The first-order valence-electron chi connectivity index (χ1n) is 6.70. The molecule has 0 saturated carbocycles. The highest BCUT2D eigenvalue weighted by atomic mass is 32.2. The Morgan fingerprint density at radius 3 is 2.65 bits per heavy atom. The second-order valence-electron chi connectivity index (χ2n) is 5.03. The van der Waals surface area contributed by atoms with Crippen LogP contribution in [0.2, 0.25) is 0 Å². The first kappa shape index (κ1) is 16.1. The minimum absolute atomic E-state index is 0.0931. The average molecular weight is 362 g/mol. The highest BCUT2D eigenvalue weighted by Crippen LogP contribution is 2.30. The SMILES string of the molecule is O=C1ON=C(C(F)F)/C1=C/c1ccc(N2CCS(=O)(=O)CC2)s1. The van der Waals surface area contributed by atoms with Crippen LogP contribution in [0.1, 0.15) is 4.88 Å². The molecular formula is C13H12F2N2O4S2. The molecule has 2 aliphatic rings. The quantitative estimate of drug-likeness (QED) is 0.602. The van der Waals surface area contributed by atoms with E-state index in [1.807, 2.05) is 4.90 Å². The van der Waals surface area contributed by atoms with E-state index in [1.165, 1.54) is 17.4 Å². The molecule has 6 nitrogen and oxygen atoms in total. The monoisotopic (exact) mass is 362 g/mol. The maximum Gasteiger partial charge on any atom is 0.367 e. The second kappa shape index (κ2) is 6.00. The third-order valence-electron chi connectivity index (χ3n) is 3.48. The Hall–Kier alpha value is -1.81. The second-order valence-corrected chi connectivity index (χ2v) is 8.43. The fourth-order valence-electron chi connectivity index (χ4n) is 2.25. The van der Waals surface area contributed by atoms with Gasteiger partial charge in [-0.15, -0.1) is 11.3 Å². The van der Waals surface area contributed by atoms with Crippen molar-refractivity contribution in [2.24, 2.45) is 5.16 Å². The summed E-state index contributed by atoms with van der Waals surface area (Å²) in [4.78, 5) is 18.3. The van der Waals surface area contributed by atoms with Gasteiger partial charge in [0.2, 0.25) is 0 Å². The number of halogens is 2. The summed E-state index contributed by atoms with van der Waals surface area (Å²) >= 11 is 1.29. The summed E-state index contributed by atoms with van der Waals surface area (Å²) in [7, 11) is -2.97. The summed E-state index contributed by atoms with van der Waals surface area (Å²) in [5.41, 5.74) is -0.927. The first-order chi connectivity index (χ1) is 10.9. The van der Waals surface area contributed by atoms with Crippen LogP contribution in [0, 0.1) is 0 Å². The molecule has 1 fully saturated rings. The molecule has 23 heavy (non-hydrogen) atoms. The molecule has 3 heterocycles. The van der Waals surface area contributed by atoms with E-state index < -0.39 is 27.9 Å². The molecule has 0 unspecified atom stereocenters. The number of carbonyl (C=O) groups excluding carboxylic acids is 1. The molecule has 3 rings (SSSR count). The van der Waals surface area contributed by atoms with Crippen molar-refractivity contribution in [2.75, 3.05) is 29.5 Å². The molecule has 124 valence electrons. The molecule has 10 heteroatoms. The average Bonchev–Trinajstić information content (AvgIpc) is 3.07. The summed E-state index contributed by atoms with van der Waals surface area (Å²) in [6.07, 6.45) is -1.57. The lowest BCUT2D eigenvalue weighted by atomic mass is 10.1. The largest absolute Gasteiger partial charge is 0.367 e. The zero-order valence-corrected chi connectivity index (χ0v) is 13.4. The van der Waals surface area contributed by atoms with E-state index in [9.17, 15) is 22.0 Å². The van der Waals surface area contributed by atoms with Crippen LogP contribution >= 0.6 is 11.3 Å². The van der Waals surface area contributed by atoms with Gasteiger partial charge in [0.05, 0.1) is 22.1 Å². The number of rotatable bonds is 3. The molecule has 0 amide bonds. The predicted octanol–water partition coefficient (Wildman–Crippen LogP) is 1.54. The van der Waals surface area contributed by atoms with Gasteiger partial charge >= 0.3 is 5.97 Å². The molecule has 0 N–H and O–H groups in total. The third kappa shape index (κ3) is 3.42. The van der Waals surface area contributed by atoms with Crippen molar-refractivity contribution in [3.8, 4) is 0 Å². The van der Waals surface area contributed by atoms with Crippen molar-refractivity contribution in [1.29, 1.82) is 0 Å². The fraction of sp³-hybridized carbons (Fsp3) is 0.385. The van der Waals surface area contributed by atoms with Crippen molar-refractivity contribution >= 4 is 43.9 Å². The summed E-state index contributed by atoms with van der Waals surface area (Å²) in [6, 6.07) is 3.46. The Morgan fingerprint density at radius 2 is 2.00 bits per heavy atom. The Labute approximate surface area is 134 Å². The molecule has 0 aliphatic carbocycles. The smallest absolute Gasteiger partial charge is 0.361 e. The van der Waals surface area contributed by atoms with Crippen LogP contribution in [0.5, 0.6) is 0 Å². The number of anilines is 1. The number of sulfone groups is 1. The minimum Gasteiger partial charge on any atom is -0.361 e. The van der Waals surface area contributed by atoms with Gasteiger partial charge in [0.1, 0.15) is 0 Å². The van der Waals surface area contributed by atoms with Crippen LogP contribution in [-0.2, 0) is 19.5 Å². The van der Waals surface area contributed by atoms with E-state index in [0.29, 0.717) is 18.0 Å². The molecule has 0 radical (unpaired) electrons. The van der Waals surface area contributed by atoms with Gasteiger partial charge in [0.25, 0.3) is 6.43 Å². The topological polar surface area (TPSA) is 76.0 Å². The van der Waals surface area contributed by atoms with Crippen molar-refractivity contribution in [3.05, 3.63) is 22.6 Å². The van der Waals surface area contributed by atoms with Gasteiger partial charge in [-0.3, -0.25) is 0 Å². The fourth-order valence-corrected chi connectivity index (χ4v) is 4.45. The molecule has 1 saturated heterocycles. The zero-order chi connectivity index (χ0) is 16.6. The van der Waals surface area contributed by atoms with E-state index in [1.54, 1.807) is 12.1 Å². The molecule has 0 bridgehead atoms. The minimum atomic E-state index is -2.97. The summed E-state index contributed by atoms with van der Waals surface area (Å²) in [5, 5.41) is 3.91. The summed E-state index contributed by atoms with van der Waals surface area (Å²) < 4.78 is 48.4. The van der Waals surface area contributed by atoms with Gasteiger partial charge in [-0.25, -0.2) is 22.0 Å². The standard InChI is InChI=1S/C13H12F2N2O4S2/c14-12(15)11-9(13(18)21-16-11)7-8-1-2-10(22-8)17-3-5-23(19,20)6-4-17/h1-2,7,12H,3-6H2/b9-7-. The number of thiophene rings is 1. The number of alkyl halides is 2. The Kier molecular flexibility index (Phi) is 4.19. The maximum atomic E-state index is 12.8. The normalized spacial score (nSPS) is 22.6. The van der Waals surface area contributed by atoms with Crippen LogP contribution in [0.4, 0.5) is 13.8 Å². The Bertz CT molecular complexity index is 785. The van der Waals surface area contributed by atoms with E-state index >= 15 is 0 Å². The van der Waals surface area contributed by atoms with Crippen LogP contribution in [0.15, 0.2) is 22.9 Å². The molecule has 2 aliphatic heterocycles. The van der Waals surface area contributed by atoms with E-state index in [2.05, 4.69) is 9.99 Å². The van der Waals surface area contributed by atoms with Crippen LogP contribution < -0.4 is 4.90 Å². The molecule has 0 spiro atoms. The lowest BCUT2D eigenvalue weighted by molar-refractivity contribution is -0.136. The zero-order valence-electron chi connectivity index (χ0n) is 11.7. The third-order valence-corrected chi connectivity index (χ3v) is 6.19. The van der Waals surface area contributed by atoms with Gasteiger partial charge in [-0.05, 0) is 18.2 Å². The molecule has 1 aromatic rings. The number of carbonyl (C=O) groups is 1. The lowest BCUT2D eigenvalue weighted by Crippen LogP contribution is -2.39.